The molecule has 1 nitrogen and oxygen atoms in total. The lowest BCUT2D eigenvalue weighted by Gasteiger charge is -2.19. The Morgan fingerprint density at radius 1 is 1.19 bits per heavy atom. The monoisotopic (exact) mass is 305 g/mol. The molecule has 1 aromatic heterocycles. The van der Waals surface area contributed by atoms with Gasteiger partial charge in [-0.25, -0.2) is 4.39 Å². The van der Waals surface area contributed by atoms with Gasteiger partial charge in [-0.1, -0.05) is 39.8 Å². The highest BCUT2D eigenvalue weighted by molar-refractivity contribution is 7.12. The number of halogens is 1. The van der Waals surface area contributed by atoms with Crippen LogP contribution in [0.4, 0.5) is 4.39 Å². The van der Waals surface area contributed by atoms with E-state index in [1.165, 1.54) is 9.75 Å². The predicted octanol–water partition coefficient (Wildman–Crippen LogP) is 5.19. The van der Waals surface area contributed by atoms with Crippen LogP contribution in [0.1, 0.15) is 54.6 Å². The lowest BCUT2D eigenvalue weighted by atomic mass is 9.95. The average molecular weight is 305 g/mol. The number of hydrogen-bond donors (Lipinski definition) is 1. The standard InChI is InChI=1S/C18H24FNS/c1-6-20-17(13-7-8-14(19)12(2)11-13)15-9-10-16(21-15)18(3,4)5/h7-11,17,20H,6H2,1-5H3. The highest BCUT2D eigenvalue weighted by Crippen LogP contribution is 2.35. The van der Waals surface area contributed by atoms with Gasteiger partial charge in [0.05, 0.1) is 6.04 Å². The third-order valence-corrected chi connectivity index (χ3v) is 5.15. The van der Waals surface area contributed by atoms with Crippen LogP contribution in [0, 0.1) is 12.7 Å². The highest BCUT2D eigenvalue weighted by Gasteiger charge is 2.21. The summed E-state index contributed by atoms with van der Waals surface area (Å²) in [6.07, 6.45) is 0. The van der Waals surface area contributed by atoms with E-state index in [2.05, 4.69) is 45.1 Å². The van der Waals surface area contributed by atoms with Gasteiger partial charge in [-0.2, -0.15) is 0 Å². The van der Waals surface area contributed by atoms with Crippen molar-refractivity contribution in [2.75, 3.05) is 6.54 Å². The zero-order valence-electron chi connectivity index (χ0n) is 13.5. The number of benzene rings is 1. The zero-order chi connectivity index (χ0) is 15.6. The van der Waals surface area contributed by atoms with Crippen molar-refractivity contribution < 1.29 is 4.39 Å². The van der Waals surface area contributed by atoms with E-state index in [1.54, 1.807) is 6.07 Å². The Morgan fingerprint density at radius 3 is 2.43 bits per heavy atom. The summed E-state index contributed by atoms with van der Waals surface area (Å²) in [4.78, 5) is 2.66. The van der Waals surface area contributed by atoms with Crippen molar-refractivity contribution >= 4 is 11.3 Å². The maximum absolute atomic E-state index is 13.5. The lowest BCUT2D eigenvalue weighted by Crippen LogP contribution is -2.21. The molecule has 0 radical (unpaired) electrons. The molecule has 0 aliphatic rings. The molecular formula is C18H24FNS. The summed E-state index contributed by atoms with van der Waals surface area (Å²) < 4.78 is 13.5. The third-order valence-electron chi connectivity index (χ3n) is 3.57. The highest BCUT2D eigenvalue weighted by atomic mass is 32.1. The van der Waals surface area contributed by atoms with Gasteiger partial charge < -0.3 is 5.32 Å². The van der Waals surface area contributed by atoms with Crippen LogP contribution in [0.15, 0.2) is 30.3 Å². The van der Waals surface area contributed by atoms with Gasteiger partial charge in [0, 0.05) is 9.75 Å². The Kier molecular flexibility index (Phi) is 4.84. The molecule has 3 heteroatoms. The number of aryl methyl sites for hydroxylation is 1. The maximum Gasteiger partial charge on any atom is 0.126 e. The van der Waals surface area contributed by atoms with Gasteiger partial charge in [0.2, 0.25) is 0 Å². The molecule has 1 N–H and O–H groups in total. The van der Waals surface area contributed by atoms with Crippen molar-refractivity contribution in [3.05, 3.63) is 57.0 Å². The second-order valence-electron chi connectivity index (χ2n) is 6.45. The minimum Gasteiger partial charge on any atom is -0.306 e. The molecule has 0 bridgehead atoms. The second kappa shape index (κ2) is 6.29. The van der Waals surface area contributed by atoms with Crippen molar-refractivity contribution in [2.45, 2.75) is 46.1 Å². The summed E-state index contributed by atoms with van der Waals surface area (Å²) in [5, 5.41) is 3.51. The molecule has 0 fully saturated rings. The Bertz CT molecular complexity index is 610. The van der Waals surface area contributed by atoms with Crippen molar-refractivity contribution in [2.24, 2.45) is 0 Å². The van der Waals surface area contributed by atoms with E-state index in [1.807, 2.05) is 30.4 Å². The third kappa shape index (κ3) is 3.72. The van der Waals surface area contributed by atoms with Crippen LogP contribution in [0.25, 0.3) is 0 Å². The fourth-order valence-corrected chi connectivity index (χ4v) is 3.51. The van der Waals surface area contributed by atoms with E-state index in [4.69, 9.17) is 0 Å². The predicted molar refractivity (Wildman–Crippen MR) is 89.7 cm³/mol. The van der Waals surface area contributed by atoms with E-state index in [0.717, 1.165) is 12.1 Å². The minimum atomic E-state index is -0.143. The molecule has 0 saturated carbocycles. The van der Waals surface area contributed by atoms with Crippen LogP contribution in [-0.4, -0.2) is 6.54 Å². The van der Waals surface area contributed by atoms with Crippen molar-refractivity contribution in [3.8, 4) is 0 Å². The molecule has 0 aliphatic heterocycles. The Balaban J connectivity index is 2.38. The normalized spacial score (nSPS) is 13.4. The molecule has 0 amide bonds. The van der Waals surface area contributed by atoms with Gasteiger partial charge in [-0.15, -0.1) is 11.3 Å². The van der Waals surface area contributed by atoms with Gasteiger partial charge in [-0.3, -0.25) is 0 Å². The summed E-state index contributed by atoms with van der Waals surface area (Å²) >= 11 is 1.84. The van der Waals surface area contributed by atoms with Crippen LogP contribution in [0.5, 0.6) is 0 Å². The lowest BCUT2D eigenvalue weighted by molar-refractivity contribution is 0.604. The van der Waals surface area contributed by atoms with E-state index in [-0.39, 0.29) is 17.3 Å². The molecule has 0 saturated heterocycles. The molecule has 2 aromatic rings. The Labute approximate surface area is 131 Å². The molecule has 114 valence electrons. The van der Waals surface area contributed by atoms with Gasteiger partial charge in [0.25, 0.3) is 0 Å². The quantitative estimate of drug-likeness (QED) is 0.819. The first-order chi connectivity index (χ1) is 9.82. The average Bonchev–Trinajstić information content (AvgIpc) is 2.89. The Morgan fingerprint density at radius 2 is 1.90 bits per heavy atom. The molecule has 1 aromatic carbocycles. The van der Waals surface area contributed by atoms with Gasteiger partial charge in [0.15, 0.2) is 0 Å². The summed E-state index contributed by atoms with van der Waals surface area (Å²) in [5.74, 6) is -0.143. The fraction of sp³-hybridized carbons (Fsp3) is 0.444. The van der Waals surface area contributed by atoms with Crippen LogP contribution < -0.4 is 5.32 Å². The van der Waals surface area contributed by atoms with Crippen molar-refractivity contribution in [1.82, 2.24) is 5.32 Å². The topological polar surface area (TPSA) is 12.0 Å². The molecule has 21 heavy (non-hydrogen) atoms. The summed E-state index contributed by atoms with van der Waals surface area (Å²) in [6, 6.07) is 9.92. The SMILES string of the molecule is CCNC(c1ccc(F)c(C)c1)c1ccc(C(C)(C)C)s1. The first-order valence-corrected chi connectivity index (χ1v) is 8.24. The minimum absolute atomic E-state index is 0.135. The number of hydrogen-bond acceptors (Lipinski definition) is 2. The summed E-state index contributed by atoms with van der Waals surface area (Å²) in [5.41, 5.74) is 1.99. The molecule has 1 heterocycles. The van der Waals surface area contributed by atoms with Gasteiger partial charge >= 0.3 is 0 Å². The molecule has 0 aliphatic carbocycles. The summed E-state index contributed by atoms with van der Waals surface area (Å²) in [6.45, 7) is 11.5. The first-order valence-electron chi connectivity index (χ1n) is 7.42. The van der Waals surface area contributed by atoms with Crippen molar-refractivity contribution in [3.63, 3.8) is 0 Å². The first kappa shape index (κ1) is 16.2. The van der Waals surface area contributed by atoms with Gasteiger partial charge in [0.1, 0.15) is 5.82 Å². The number of thiophene rings is 1. The van der Waals surface area contributed by atoms with E-state index in [0.29, 0.717) is 5.56 Å². The number of nitrogens with one attached hydrogen (secondary N) is 1. The molecule has 2 rings (SSSR count). The summed E-state index contributed by atoms with van der Waals surface area (Å²) in [7, 11) is 0. The second-order valence-corrected chi connectivity index (χ2v) is 7.57. The van der Waals surface area contributed by atoms with E-state index in [9.17, 15) is 4.39 Å². The molecule has 1 unspecified atom stereocenters. The van der Waals surface area contributed by atoms with Crippen LogP contribution in [0.2, 0.25) is 0 Å². The molecular weight excluding hydrogens is 281 g/mol. The fourth-order valence-electron chi connectivity index (χ4n) is 2.35. The van der Waals surface area contributed by atoms with Crippen LogP contribution >= 0.6 is 11.3 Å². The Hall–Kier alpha value is -1.19. The van der Waals surface area contributed by atoms with E-state index >= 15 is 0 Å². The van der Waals surface area contributed by atoms with Gasteiger partial charge in [-0.05, 0) is 48.2 Å². The largest absolute Gasteiger partial charge is 0.306 e. The van der Waals surface area contributed by atoms with Crippen LogP contribution in [-0.2, 0) is 5.41 Å². The number of rotatable bonds is 4. The molecule has 1 atom stereocenters. The van der Waals surface area contributed by atoms with E-state index < -0.39 is 0 Å². The van der Waals surface area contributed by atoms with Crippen molar-refractivity contribution in [1.29, 1.82) is 0 Å². The molecule has 0 spiro atoms. The zero-order valence-corrected chi connectivity index (χ0v) is 14.3. The smallest absolute Gasteiger partial charge is 0.126 e. The maximum atomic E-state index is 13.5. The van der Waals surface area contributed by atoms with Crippen LogP contribution in [0.3, 0.4) is 0 Å².